The Balaban J connectivity index is 1.87. The zero-order valence-electron chi connectivity index (χ0n) is 19.6. The lowest BCUT2D eigenvalue weighted by molar-refractivity contribution is -0.132. The molecule has 0 aliphatic carbocycles. The number of nitrogens with zero attached hydrogens (tertiary/aromatic N) is 3. The Kier molecular flexibility index (Phi) is 6.45. The van der Waals surface area contributed by atoms with E-state index in [-0.39, 0.29) is 17.2 Å². The number of rotatable bonds is 6. The Morgan fingerprint density at radius 3 is 2.24 bits per heavy atom. The van der Waals surface area contributed by atoms with Gasteiger partial charge in [0, 0.05) is 5.56 Å². The number of amides is 1. The van der Waals surface area contributed by atoms with Crippen LogP contribution in [0.4, 0.5) is 5.82 Å². The van der Waals surface area contributed by atoms with Gasteiger partial charge in [0.15, 0.2) is 5.82 Å². The lowest BCUT2D eigenvalue weighted by Crippen LogP contribution is -2.30. The molecule has 4 rings (SSSR count). The molecule has 2 aromatic carbocycles. The molecule has 2 heterocycles. The van der Waals surface area contributed by atoms with Crippen LogP contribution in [0.25, 0.3) is 5.76 Å². The van der Waals surface area contributed by atoms with Gasteiger partial charge in [0.05, 0.1) is 23.9 Å². The topological polar surface area (TPSA) is 92.6 Å². The largest absolute Gasteiger partial charge is 0.507 e. The summed E-state index contributed by atoms with van der Waals surface area (Å²) in [7, 11) is 0. The molecule has 1 amide bonds. The summed E-state index contributed by atoms with van der Waals surface area (Å²) in [6.45, 7) is 8.35. The molecule has 1 unspecified atom stereocenters. The first-order valence-corrected chi connectivity index (χ1v) is 11.3. The third-order valence-electron chi connectivity index (χ3n) is 5.83. The molecular formula is C27H27N3O4. The second-order valence-electron chi connectivity index (χ2n) is 8.48. The van der Waals surface area contributed by atoms with Crippen LogP contribution in [-0.2, 0) is 9.59 Å². The van der Waals surface area contributed by atoms with E-state index in [9.17, 15) is 14.7 Å². The van der Waals surface area contributed by atoms with Gasteiger partial charge in [-0.1, -0.05) is 50.2 Å². The fourth-order valence-corrected chi connectivity index (χ4v) is 4.00. The van der Waals surface area contributed by atoms with E-state index < -0.39 is 17.7 Å². The number of ether oxygens (including phenoxy) is 1. The second-order valence-corrected chi connectivity index (χ2v) is 8.48. The van der Waals surface area contributed by atoms with Gasteiger partial charge in [-0.2, -0.15) is 5.10 Å². The van der Waals surface area contributed by atoms with Gasteiger partial charge in [0.1, 0.15) is 11.5 Å². The van der Waals surface area contributed by atoms with Crippen molar-refractivity contribution in [2.45, 2.75) is 39.7 Å². The Morgan fingerprint density at radius 2 is 1.68 bits per heavy atom. The van der Waals surface area contributed by atoms with Gasteiger partial charge in [-0.25, -0.2) is 0 Å². The summed E-state index contributed by atoms with van der Waals surface area (Å²) in [5.41, 5.74) is 2.91. The first-order chi connectivity index (χ1) is 16.3. The van der Waals surface area contributed by atoms with Crippen LogP contribution in [0.1, 0.15) is 55.1 Å². The maximum Gasteiger partial charge on any atom is 0.301 e. The van der Waals surface area contributed by atoms with Crippen molar-refractivity contribution >= 4 is 23.3 Å². The summed E-state index contributed by atoms with van der Waals surface area (Å²) in [5.74, 6) is -0.534. The first kappa shape index (κ1) is 23.2. The van der Waals surface area contributed by atoms with Crippen LogP contribution in [0.5, 0.6) is 5.75 Å². The smallest absolute Gasteiger partial charge is 0.301 e. The fraction of sp³-hybridized carbons (Fsp3) is 0.259. The van der Waals surface area contributed by atoms with E-state index in [4.69, 9.17) is 4.74 Å². The van der Waals surface area contributed by atoms with Gasteiger partial charge >= 0.3 is 5.91 Å². The van der Waals surface area contributed by atoms with E-state index in [2.05, 4.69) is 24.0 Å². The van der Waals surface area contributed by atoms with Crippen LogP contribution in [0.3, 0.4) is 0 Å². The van der Waals surface area contributed by atoms with Crippen LogP contribution in [0.15, 0.2) is 66.2 Å². The highest BCUT2D eigenvalue weighted by molar-refractivity contribution is 6.51. The molecule has 7 heteroatoms. The molecule has 0 spiro atoms. The molecule has 1 aliphatic heterocycles. The highest BCUT2D eigenvalue weighted by atomic mass is 16.5. The summed E-state index contributed by atoms with van der Waals surface area (Å²) in [4.78, 5) is 27.7. The lowest BCUT2D eigenvalue weighted by Gasteiger charge is -2.24. The monoisotopic (exact) mass is 457 g/mol. The summed E-state index contributed by atoms with van der Waals surface area (Å²) in [5, 5.41) is 19.4. The van der Waals surface area contributed by atoms with Gasteiger partial charge < -0.3 is 9.84 Å². The number of aromatic nitrogens is 2. The fourth-order valence-electron chi connectivity index (χ4n) is 4.00. The van der Waals surface area contributed by atoms with Gasteiger partial charge in [0.25, 0.3) is 5.78 Å². The minimum Gasteiger partial charge on any atom is -0.507 e. The molecule has 1 aromatic heterocycles. The van der Waals surface area contributed by atoms with Crippen molar-refractivity contribution in [3.63, 3.8) is 0 Å². The highest BCUT2D eigenvalue weighted by Gasteiger charge is 2.47. The van der Waals surface area contributed by atoms with E-state index in [1.165, 1.54) is 4.90 Å². The Hall–Kier alpha value is -4.00. The lowest BCUT2D eigenvalue weighted by atomic mass is 9.94. The van der Waals surface area contributed by atoms with Gasteiger partial charge in [-0.15, -0.1) is 5.10 Å². The molecule has 174 valence electrons. The average molecular weight is 458 g/mol. The van der Waals surface area contributed by atoms with Crippen LogP contribution < -0.4 is 9.64 Å². The van der Waals surface area contributed by atoms with Crippen molar-refractivity contribution in [1.29, 1.82) is 0 Å². The highest BCUT2D eigenvalue weighted by Crippen LogP contribution is 2.41. The number of Topliss-reactive ketones (excluding diaryl/α,β-unsaturated/α-hetero) is 1. The SMILES string of the molecule is CCOc1ccc(C2C(=C(O)c3ccc(C(C)C)cc3)C(=O)C(=O)N2c2ccc(C)nn2)cc1. The zero-order valence-corrected chi connectivity index (χ0v) is 19.6. The van der Waals surface area contributed by atoms with Crippen LogP contribution >= 0.6 is 0 Å². The Labute approximate surface area is 198 Å². The summed E-state index contributed by atoms with van der Waals surface area (Å²) < 4.78 is 5.53. The standard InChI is InChI=1S/C27H27N3O4/c1-5-34-21-13-11-19(12-14-21)24-23(25(31)20-9-7-18(8-10-20)16(2)3)26(32)27(33)30(24)22-15-6-17(4)28-29-22/h6-16,24,31H,5H2,1-4H3. The molecule has 1 N–H and O–H groups in total. The molecule has 0 radical (unpaired) electrons. The third kappa shape index (κ3) is 4.29. The number of aliphatic hydroxyl groups excluding tert-OH is 1. The minimum absolute atomic E-state index is 0.00818. The summed E-state index contributed by atoms with van der Waals surface area (Å²) in [6, 6.07) is 17.0. The second kappa shape index (κ2) is 9.47. The molecule has 3 aromatic rings. The number of hydrogen-bond donors (Lipinski definition) is 1. The number of carbonyl (C=O) groups is 2. The van der Waals surface area contributed by atoms with Crippen molar-refractivity contribution < 1.29 is 19.4 Å². The van der Waals surface area contributed by atoms with E-state index in [1.54, 1.807) is 55.5 Å². The van der Waals surface area contributed by atoms with Crippen molar-refractivity contribution in [3.05, 3.63) is 88.6 Å². The number of ketones is 1. The quantitative estimate of drug-likeness (QED) is 0.320. The Bertz CT molecular complexity index is 1230. The number of aryl methyl sites for hydroxylation is 1. The number of hydrogen-bond acceptors (Lipinski definition) is 6. The van der Waals surface area contributed by atoms with E-state index in [1.807, 2.05) is 19.1 Å². The van der Waals surface area contributed by atoms with Gasteiger partial charge in [-0.05, 0) is 55.2 Å². The summed E-state index contributed by atoms with van der Waals surface area (Å²) in [6.07, 6.45) is 0. The molecular weight excluding hydrogens is 430 g/mol. The molecule has 1 saturated heterocycles. The number of benzene rings is 2. The minimum atomic E-state index is -0.863. The molecule has 0 bridgehead atoms. The maximum absolute atomic E-state index is 13.2. The van der Waals surface area contributed by atoms with Crippen molar-refractivity contribution in [2.24, 2.45) is 0 Å². The van der Waals surface area contributed by atoms with Crippen LogP contribution in [0, 0.1) is 6.92 Å². The van der Waals surface area contributed by atoms with E-state index in [0.29, 0.717) is 35.1 Å². The molecule has 7 nitrogen and oxygen atoms in total. The van der Waals surface area contributed by atoms with E-state index in [0.717, 1.165) is 5.56 Å². The average Bonchev–Trinajstić information content (AvgIpc) is 3.10. The Morgan fingerprint density at radius 1 is 1.00 bits per heavy atom. The molecule has 1 fully saturated rings. The van der Waals surface area contributed by atoms with Crippen molar-refractivity contribution in [1.82, 2.24) is 10.2 Å². The number of anilines is 1. The molecule has 0 saturated carbocycles. The summed E-state index contributed by atoms with van der Waals surface area (Å²) >= 11 is 0. The van der Waals surface area contributed by atoms with Gasteiger partial charge in [0.2, 0.25) is 0 Å². The first-order valence-electron chi connectivity index (χ1n) is 11.3. The zero-order chi connectivity index (χ0) is 24.4. The normalized spacial score (nSPS) is 17.4. The van der Waals surface area contributed by atoms with Crippen LogP contribution in [0.2, 0.25) is 0 Å². The van der Waals surface area contributed by atoms with Gasteiger partial charge in [-0.3, -0.25) is 14.5 Å². The van der Waals surface area contributed by atoms with Crippen molar-refractivity contribution in [3.8, 4) is 5.75 Å². The van der Waals surface area contributed by atoms with E-state index >= 15 is 0 Å². The van der Waals surface area contributed by atoms with Crippen LogP contribution in [-0.4, -0.2) is 33.6 Å². The predicted octanol–water partition coefficient (Wildman–Crippen LogP) is 4.93. The number of carbonyl (C=O) groups excluding carboxylic acids is 2. The predicted molar refractivity (Wildman–Crippen MR) is 130 cm³/mol. The van der Waals surface area contributed by atoms with Crippen molar-refractivity contribution in [2.75, 3.05) is 11.5 Å². The number of aliphatic hydroxyl groups is 1. The maximum atomic E-state index is 13.2. The molecule has 34 heavy (non-hydrogen) atoms. The third-order valence-corrected chi connectivity index (χ3v) is 5.83. The molecule has 1 atom stereocenters. The molecule has 1 aliphatic rings.